The molecule has 18 heavy (non-hydrogen) atoms. The summed E-state index contributed by atoms with van der Waals surface area (Å²) in [5, 5.41) is 10.6. The number of carboxylic acids is 1. The maximum absolute atomic E-state index is 11.8. The lowest BCUT2D eigenvalue weighted by molar-refractivity contribution is -0.144. The Morgan fingerprint density at radius 2 is 1.56 bits per heavy atom. The Bertz CT molecular complexity index is 429. The van der Waals surface area contributed by atoms with Crippen LogP contribution in [0.3, 0.4) is 0 Å². The molecule has 1 fully saturated rings. The van der Waals surface area contributed by atoms with E-state index < -0.39 is 11.4 Å². The van der Waals surface area contributed by atoms with Crippen LogP contribution < -0.4 is 0 Å². The summed E-state index contributed by atoms with van der Waals surface area (Å²) in [5.41, 5.74) is -0.311. The molecule has 0 aromatic heterocycles. The van der Waals surface area contributed by atoms with Gasteiger partial charge in [0.15, 0.2) is 0 Å². The van der Waals surface area contributed by atoms with E-state index in [1.54, 1.807) is 18.2 Å². The number of aliphatic carboxylic acids is 1. The van der Waals surface area contributed by atoms with Crippen molar-refractivity contribution in [3.8, 4) is 0 Å². The van der Waals surface area contributed by atoms with Crippen LogP contribution in [0.5, 0.6) is 0 Å². The molecule has 4 heteroatoms. The summed E-state index contributed by atoms with van der Waals surface area (Å²) in [5.74, 6) is -0.806. The summed E-state index contributed by atoms with van der Waals surface area (Å²) in [6.07, 6.45) is 5.22. The number of rotatable bonds is 2. The molecule has 0 radical (unpaired) electrons. The van der Waals surface area contributed by atoms with Crippen molar-refractivity contribution < 1.29 is 9.90 Å². The minimum absolute atomic E-state index is 0.465. The zero-order valence-electron chi connectivity index (χ0n) is 10.1. The van der Waals surface area contributed by atoms with Gasteiger partial charge in [-0.15, -0.1) is 0 Å². The van der Waals surface area contributed by atoms with Gasteiger partial charge < -0.3 is 5.11 Å². The molecule has 1 aliphatic rings. The lowest BCUT2D eigenvalue weighted by Gasteiger charge is -2.30. The number of hydrogen-bond acceptors (Lipinski definition) is 1. The van der Waals surface area contributed by atoms with Gasteiger partial charge in [0.1, 0.15) is 0 Å². The van der Waals surface area contributed by atoms with Crippen LogP contribution in [0.2, 0.25) is 10.0 Å². The third kappa shape index (κ3) is 2.36. The van der Waals surface area contributed by atoms with E-state index in [0.29, 0.717) is 28.5 Å². The Hall–Kier alpha value is -0.730. The highest BCUT2D eigenvalue weighted by molar-refractivity contribution is 6.36. The molecule has 1 aliphatic carbocycles. The van der Waals surface area contributed by atoms with E-state index in [9.17, 15) is 9.90 Å². The van der Waals surface area contributed by atoms with Gasteiger partial charge in [-0.2, -0.15) is 0 Å². The van der Waals surface area contributed by atoms with Crippen LogP contribution in [0.15, 0.2) is 18.2 Å². The highest BCUT2D eigenvalue weighted by Crippen LogP contribution is 2.44. The van der Waals surface area contributed by atoms with E-state index in [-0.39, 0.29) is 0 Å². The predicted molar refractivity (Wildman–Crippen MR) is 73.5 cm³/mol. The number of hydrogen-bond donors (Lipinski definition) is 1. The fourth-order valence-electron chi connectivity index (χ4n) is 2.86. The molecule has 0 unspecified atom stereocenters. The van der Waals surface area contributed by atoms with E-state index in [2.05, 4.69) is 0 Å². The van der Waals surface area contributed by atoms with Gasteiger partial charge in [-0.1, -0.05) is 55.0 Å². The third-order valence-corrected chi connectivity index (χ3v) is 4.44. The highest BCUT2D eigenvalue weighted by Gasteiger charge is 2.43. The Labute approximate surface area is 117 Å². The van der Waals surface area contributed by atoms with Gasteiger partial charge in [0.05, 0.1) is 5.41 Å². The fraction of sp³-hybridized carbons (Fsp3) is 0.500. The standard InChI is InChI=1S/C14H16Cl2O2/c15-10-6-5-7-11(16)12(10)14(13(17)18)8-3-1-2-4-9-14/h5-7H,1-4,8-9H2,(H,17,18). The molecule has 0 bridgehead atoms. The monoisotopic (exact) mass is 286 g/mol. The van der Waals surface area contributed by atoms with E-state index in [1.807, 2.05) is 0 Å². The Morgan fingerprint density at radius 3 is 2.00 bits per heavy atom. The van der Waals surface area contributed by atoms with Gasteiger partial charge in [0.2, 0.25) is 0 Å². The molecule has 1 N–H and O–H groups in total. The maximum atomic E-state index is 11.8. The van der Waals surface area contributed by atoms with E-state index in [0.717, 1.165) is 25.7 Å². The SMILES string of the molecule is O=C(O)C1(c2c(Cl)cccc2Cl)CCCCCC1. The average molecular weight is 287 g/mol. The zero-order chi connectivity index (χ0) is 13.2. The molecule has 0 amide bonds. The van der Waals surface area contributed by atoms with E-state index >= 15 is 0 Å². The fourth-order valence-corrected chi connectivity index (χ4v) is 3.62. The first-order valence-electron chi connectivity index (χ1n) is 6.26. The zero-order valence-corrected chi connectivity index (χ0v) is 11.6. The van der Waals surface area contributed by atoms with Crippen molar-refractivity contribution in [2.24, 2.45) is 0 Å². The molecule has 98 valence electrons. The van der Waals surface area contributed by atoms with E-state index in [4.69, 9.17) is 23.2 Å². The van der Waals surface area contributed by atoms with Crippen LogP contribution >= 0.6 is 23.2 Å². The smallest absolute Gasteiger partial charge is 0.314 e. The van der Waals surface area contributed by atoms with Crippen molar-refractivity contribution >= 4 is 29.2 Å². The number of halogens is 2. The molecule has 2 rings (SSSR count). The molecular weight excluding hydrogens is 271 g/mol. The van der Waals surface area contributed by atoms with Gasteiger partial charge in [-0.25, -0.2) is 0 Å². The molecule has 0 heterocycles. The Kier molecular flexibility index (Phi) is 4.18. The van der Waals surface area contributed by atoms with Crippen molar-refractivity contribution in [1.29, 1.82) is 0 Å². The quantitative estimate of drug-likeness (QED) is 0.802. The summed E-state index contributed by atoms with van der Waals surface area (Å²) in [4.78, 5) is 11.8. The lowest BCUT2D eigenvalue weighted by atomic mass is 9.74. The molecule has 0 aliphatic heterocycles. The van der Waals surface area contributed by atoms with Crippen LogP contribution in [-0.2, 0) is 10.2 Å². The minimum Gasteiger partial charge on any atom is -0.481 e. The van der Waals surface area contributed by atoms with Crippen molar-refractivity contribution in [2.75, 3.05) is 0 Å². The second-order valence-electron chi connectivity index (χ2n) is 4.90. The van der Waals surface area contributed by atoms with Gasteiger partial charge >= 0.3 is 5.97 Å². The van der Waals surface area contributed by atoms with Crippen molar-refractivity contribution in [3.63, 3.8) is 0 Å². The largest absolute Gasteiger partial charge is 0.481 e. The molecule has 0 saturated heterocycles. The predicted octanol–water partition coefficient (Wildman–Crippen LogP) is 4.67. The first-order chi connectivity index (χ1) is 8.58. The van der Waals surface area contributed by atoms with Crippen LogP contribution in [0.1, 0.15) is 44.1 Å². The summed E-state index contributed by atoms with van der Waals surface area (Å²) < 4.78 is 0. The molecule has 1 saturated carbocycles. The van der Waals surface area contributed by atoms with Crippen LogP contribution in [0, 0.1) is 0 Å². The number of carboxylic acid groups (broad SMARTS) is 1. The second kappa shape index (κ2) is 5.50. The molecule has 1 aromatic rings. The molecule has 0 spiro atoms. The molecule has 2 nitrogen and oxygen atoms in total. The summed E-state index contributed by atoms with van der Waals surface area (Å²) in [7, 11) is 0. The average Bonchev–Trinajstić information content (AvgIpc) is 2.55. The Morgan fingerprint density at radius 1 is 1.06 bits per heavy atom. The summed E-state index contributed by atoms with van der Waals surface area (Å²) in [6.45, 7) is 0. The van der Waals surface area contributed by atoms with Crippen LogP contribution in [0.25, 0.3) is 0 Å². The maximum Gasteiger partial charge on any atom is 0.314 e. The molecule has 0 atom stereocenters. The summed E-state index contributed by atoms with van der Waals surface area (Å²) >= 11 is 12.4. The second-order valence-corrected chi connectivity index (χ2v) is 5.71. The van der Waals surface area contributed by atoms with Crippen LogP contribution in [0.4, 0.5) is 0 Å². The van der Waals surface area contributed by atoms with Crippen molar-refractivity contribution in [2.45, 2.75) is 43.9 Å². The molecular formula is C14H16Cl2O2. The van der Waals surface area contributed by atoms with Crippen LogP contribution in [-0.4, -0.2) is 11.1 Å². The lowest BCUT2D eigenvalue weighted by Crippen LogP contribution is -2.36. The highest BCUT2D eigenvalue weighted by atomic mass is 35.5. The third-order valence-electron chi connectivity index (χ3n) is 3.81. The Balaban J connectivity index is 2.56. The van der Waals surface area contributed by atoms with Gasteiger partial charge in [-0.3, -0.25) is 4.79 Å². The first-order valence-corrected chi connectivity index (χ1v) is 7.01. The number of carbonyl (C=O) groups is 1. The van der Waals surface area contributed by atoms with Crippen molar-refractivity contribution in [3.05, 3.63) is 33.8 Å². The van der Waals surface area contributed by atoms with Gasteiger partial charge in [0.25, 0.3) is 0 Å². The van der Waals surface area contributed by atoms with Gasteiger partial charge in [0, 0.05) is 15.6 Å². The topological polar surface area (TPSA) is 37.3 Å². The first kappa shape index (κ1) is 13.7. The molecule has 1 aromatic carbocycles. The number of benzene rings is 1. The summed E-state index contributed by atoms with van der Waals surface area (Å²) in [6, 6.07) is 5.19. The van der Waals surface area contributed by atoms with Crippen molar-refractivity contribution in [1.82, 2.24) is 0 Å². The van der Waals surface area contributed by atoms with Gasteiger partial charge in [-0.05, 0) is 25.0 Å². The van der Waals surface area contributed by atoms with E-state index in [1.165, 1.54) is 0 Å². The normalized spacial score (nSPS) is 19.2. The minimum atomic E-state index is -0.911.